The SMILES string of the molecule is Cc1cnc(C(N)c2cccc(OC(C)C)c2)cn1. The summed E-state index contributed by atoms with van der Waals surface area (Å²) in [5, 5.41) is 0. The molecular weight excluding hydrogens is 238 g/mol. The zero-order valence-electron chi connectivity index (χ0n) is 11.5. The molecule has 4 nitrogen and oxygen atoms in total. The standard InChI is InChI=1S/C15H19N3O/c1-10(2)19-13-6-4-5-12(7-13)15(16)14-9-17-11(3)8-18-14/h4-10,15H,16H2,1-3H3. The molecule has 1 aromatic carbocycles. The molecule has 0 bridgehead atoms. The van der Waals surface area contributed by atoms with E-state index in [9.17, 15) is 0 Å². The van der Waals surface area contributed by atoms with Crippen molar-refractivity contribution in [2.75, 3.05) is 0 Å². The number of nitrogens with zero attached hydrogens (tertiary/aromatic N) is 2. The molecular formula is C15H19N3O. The molecule has 2 N–H and O–H groups in total. The Morgan fingerprint density at radius 1 is 1.16 bits per heavy atom. The number of rotatable bonds is 4. The zero-order chi connectivity index (χ0) is 13.8. The zero-order valence-corrected chi connectivity index (χ0v) is 11.5. The molecule has 2 aromatic rings. The van der Waals surface area contributed by atoms with Gasteiger partial charge >= 0.3 is 0 Å². The molecule has 0 saturated carbocycles. The summed E-state index contributed by atoms with van der Waals surface area (Å²) in [6, 6.07) is 7.50. The topological polar surface area (TPSA) is 61.0 Å². The highest BCUT2D eigenvalue weighted by atomic mass is 16.5. The first-order chi connectivity index (χ1) is 9.06. The molecule has 0 spiro atoms. The number of benzene rings is 1. The molecule has 0 radical (unpaired) electrons. The Balaban J connectivity index is 2.23. The van der Waals surface area contributed by atoms with Crippen molar-refractivity contribution < 1.29 is 4.74 Å². The van der Waals surface area contributed by atoms with E-state index in [1.165, 1.54) is 0 Å². The Kier molecular flexibility index (Phi) is 4.12. The smallest absolute Gasteiger partial charge is 0.120 e. The quantitative estimate of drug-likeness (QED) is 0.914. The number of nitrogens with two attached hydrogens (primary N) is 1. The molecule has 0 aliphatic heterocycles. The van der Waals surface area contributed by atoms with Crippen LogP contribution in [0.25, 0.3) is 0 Å². The van der Waals surface area contributed by atoms with Crippen LogP contribution in [0.2, 0.25) is 0 Å². The van der Waals surface area contributed by atoms with Crippen molar-refractivity contribution >= 4 is 0 Å². The van der Waals surface area contributed by atoms with Crippen LogP contribution < -0.4 is 10.5 Å². The highest BCUT2D eigenvalue weighted by Crippen LogP contribution is 2.22. The van der Waals surface area contributed by atoms with E-state index in [2.05, 4.69) is 9.97 Å². The van der Waals surface area contributed by atoms with Crippen LogP contribution >= 0.6 is 0 Å². The van der Waals surface area contributed by atoms with E-state index < -0.39 is 0 Å². The third-order valence-corrected chi connectivity index (χ3v) is 2.71. The van der Waals surface area contributed by atoms with E-state index in [0.717, 1.165) is 22.7 Å². The highest BCUT2D eigenvalue weighted by molar-refractivity contribution is 5.34. The third-order valence-electron chi connectivity index (χ3n) is 2.71. The summed E-state index contributed by atoms with van der Waals surface area (Å²) in [7, 11) is 0. The molecule has 0 aliphatic rings. The van der Waals surface area contributed by atoms with Crippen LogP contribution in [0.5, 0.6) is 5.75 Å². The molecule has 1 atom stereocenters. The maximum absolute atomic E-state index is 6.21. The van der Waals surface area contributed by atoms with Crippen LogP contribution in [0.3, 0.4) is 0 Å². The van der Waals surface area contributed by atoms with Gasteiger partial charge in [-0.15, -0.1) is 0 Å². The van der Waals surface area contributed by atoms with Gasteiger partial charge in [0.15, 0.2) is 0 Å². The normalized spacial score (nSPS) is 12.5. The lowest BCUT2D eigenvalue weighted by molar-refractivity contribution is 0.242. The van der Waals surface area contributed by atoms with Gasteiger partial charge in [0.05, 0.1) is 29.7 Å². The predicted octanol–water partition coefficient (Wildman–Crippen LogP) is 2.62. The molecule has 1 heterocycles. The van der Waals surface area contributed by atoms with Crippen molar-refractivity contribution in [1.29, 1.82) is 0 Å². The molecule has 1 aromatic heterocycles. The molecule has 4 heteroatoms. The molecule has 1 unspecified atom stereocenters. The van der Waals surface area contributed by atoms with E-state index in [1.54, 1.807) is 12.4 Å². The van der Waals surface area contributed by atoms with Crippen molar-refractivity contribution in [3.63, 3.8) is 0 Å². The van der Waals surface area contributed by atoms with Crippen molar-refractivity contribution in [3.8, 4) is 5.75 Å². The van der Waals surface area contributed by atoms with Crippen LogP contribution in [-0.4, -0.2) is 16.1 Å². The fourth-order valence-electron chi connectivity index (χ4n) is 1.79. The lowest BCUT2D eigenvalue weighted by Crippen LogP contribution is -2.14. The monoisotopic (exact) mass is 257 g/mol. The first-order valence-corrected chi connectivity index (χ1v) is 6.37. The molecule has 0 amide bonds. The molecule has 2 rings (SSSR count). The third kappa shape index (κ3) is 3.51. The number of hydrogen-bond acceptors (Lipinski definition) is 4. The summed E-state index contributed by atoms with van der Waals surface area (Å²) in [6.07, 6.45) is 3.59. The molecule has 0 saturated heterocycles. The van der Waals surface area contributed by atoms with Gasteiger partial charge in [0.1, 0.15) is 5.75 Å². The molecule has 19 heavy (non-hydrogen) atoms. The second-order valence-corrected chi connectivity index (χ2v) is 4.80. The van der Waals surface area contributed by atoms with Gasteiger partial charge in [0.25, 0.3) is 0 Å². The number of hydrogen-bond donors (Lipinski definition) is 1. The van der Waals surface area contributed by atoms with Crippen molar-refractivity contribution in [1.82, 2.24) is 9.97 Å². The molecule has 100 valence electrons. The lowest BCUT2D eigenvalue weighted by Gasteiger charge is -2.14. The average molecular weight is 257 g/mol. The number of ether oxygens (including phenoxy) is 1. The van der Waals surface area contributed by atoms with Crippen LogP contribution in [0.15, 0.2) is 36.7 Å². The van der Waals surface area contributed by atoms with Gasteiger partial charge in [0, 0.05) is 6.20 Å². The van der Waals surface area contributed by atoms with Crippen molar-refractivity contribution in [2.45, 2.75) is 32.9 Å². The van der Waals surface area contributed by atoms with E-state index in [4.69, 9.17) is 10.5 Å². The maximum atomic E-state index is 6.21. The van der Waals surface area contributed by atoms with Crippen LogP contribution in [0.1, 0.15) is 36.8 Å². The van der Waals surface area contributed by atoms with Gasteiger partial charge in [-0.05, 0) is 38.5 Å². The lowest BCUT2D eigenvalue weighted by atomic mass is 10.0. The predicted molar refractivity (Wildman–Crippen MR) is 75.0 cm³/mol. The first-order valence-electron chi connectivity index (χ1n) is 6.37. The van der Waals surface area contributed by atoms with Crippen LogP contribution in [-0.2, 0) is 0 Å². The summed E-state index contributed by atoms with van der Waals surface area (Å²) >= 11 is 0. The number of aryl methyl sites for hydroxylation is 1. The maximum Gasteiger partial charge on any atom is 0.120 e. The van der Waals surface area contributed by atoms with Crippen LogP contribution in [0.4, 0.5) is 0 Å². The Bertz CT molecular complexity index is 537. The number of aromatic nitrogens is 2. The summed E-state index contributed by atoms with van der Waals surface area (Å²) in [6.45, 7) is 5.90. The van der Waals surface area contributed by atoms with E-state index in [-0.39, 0.29) is 12.1 Å². The van der Waals surface area contributed by atoms with Gasteiger partial charge < -0.3 is 10.5 Å². The first kappa shape index (κ1) is 13.5. The van der Waals surface area contributed by atoms with E-state index in [0.29, 0.717) is 0 Å². The second-order valence-electron chi connectivity index (χ2n) is 4.80. The molecule has 0 aliphatic carbocycles. The Labute approximate surface area is 113 Å². The minimum Gasteiger partial charge on any atom is -0.491 e. The summed E-state index contributed by atoms with van der Waals surface area (Å²) in [5.74, 6) is 0.822. The van der Waals surface area contributed by atoms with E-state index in [1.807, 2.05) is 45.0 Å². The minimum atomic E-state index is -0.288. The Morgan fingerprint density at radius 3 is 2.58 bits per heavy atom. The second kappa shape index (κ2) is 5.80. The largest absolute Gasteiger partial charge is 0.491 e. The van der Waals surface area contributed by atoms with Gasteiger partial charge in [-0.25, -0.2) is 0 Å². The van der Waals surface area contributed by atoms with E-state index >= 15 is 0 Å². The van der Waals surface area contributed by atoms with Gasteiger partial charge in [0.2, 0.25) is 0 Å². The Morgan fingerprint density at radius 2 is 1.95 bits per heavy atom. The highest BCUT2D eigenvalue weighted by Gasteiger charge is 2.11. The fourth-order valence-corrected chi connectivity index (χ4v) is 1.79. The van der Waals surface area contributed by atoms with Crippen molar-refractivity contribution in [3.05, 3.63) is 53.6 Å². The summed E-state index contributed by atoms with van der Waals surface area (Å²) < 4.78 is 5.67. The minimum absolute atomic E-state index is 0.144. The average Bonchev–Trinajstić information content (AvgIpc) is 2.38. The Hall–Kier alpha value is -1.94. The summed E-state index contributed by atoms with van der Waals surface area (Å²) in [4.78, 5) is 8.54. The van der Waals surface area contributed by atoms with Crippen molar-refractivity contribution in [2.24, 2.45) is 5.73 Å². The molecule has 0 fully saturated rings. The summed E-state index contributed by atoms with van der Waals surface area (Å²) in [5.41, 5.74) is 8.82. The van der Waals surface area contributed by atoms with Crippen LogP contribution in [0, 0.1) is 6.92 Å². The van der Waals surface area contributed by atoms with Gasteiger partial charge in [-0.2, -0.15) is 0 Å². The van der Waals surface area contributed by atoms with Gasteiger partial charge in [-0.1, -0.05) is 12.1 Å². The van der Waals surface area contributed by atoms with Gasteiger partial charge in [-0.3, -0.25) is 9.97 Å². The fraction of sp³-hybridized carbons (Fsp3) is 0.333.